The molecular formula is C16H24N2O. The normalized spacial score (nSPS) is 18.5. The monoisotopic (exact) mass is 260 g/mol. The summed E-state index contributed by atoms with van der Waals surface area (Å²) >= 11 is 0. The number of carbonyl (C=O) groups is 1. The minimum Gasteiger partial charge on any atom is -0.355 e. The molecule has 1 unspecified atom stereocenters. The number of carbonyl (C=O) groups excluding carboxylic acids is 1. The van der Waals surface area contributed by atoms with E-state index in [1.165, 1.54) is 29.5 Å². The molecule has 1 saturated heterocycles. The van der Waals surface area contributed by atoms with E-state index in [0.717, 1.165) is 19.5 Å². The van der Waals surface area contributed by atoms with Crippen LogP contribution >= 0.6 is 0 Å². The molecule has 0 spiro atoms. The average Bonchev–Trinajstić information content (AvgIpc) is 2.88. The van der Waals surface area contributed by atoms with E-state index in [1.54, 1.807) is 0 Å². The van der Waals surface area contributed by atoms with E-state index in [9.17, 15) is 4.79 Å². The summed E-state index contributed by atoms with van der Waals surface area (Å²) in [5.41, 5.74) is 3.84. The molecule has 1 atom stereocenters. The van der Waals surface area contributed by atoms with Gasteiger partial charge in [-0.3, -0.25) is 4.79 Å². The Hall–Kier alpha value is -1.35. The Morgan fingerprint density at radius 3 is 2.95 bits per heavy atom. The van der Waals surface area contributed by atoms with E-state index in [0.29, 0.717) is 12.5 Å². The molecule has 3 nitrogen and oxygen atoms in total. The lowest BCUT2D eigenvalue weighted by atomic mass is 10.0. The van der Waals surface area contributed by atoms with Gasteiger partial charge in [0.25, 0.3) is 0 Å². The summed E-state index contributed by atoms with van der Waals surface area (Å²) < 4.78 is 0. The van der Waals surface area contributed by atoms with Gasteiger partial charge < -0.3 is 10.6 Å². The standard InChI is InChI=1S/C16H24N2O/c1-12-5-6-14(13(2)10-12)7-8-16(19)18-11-15-4-3-9-17-15/h5-6,10,15,17H,3-4,7-9,11H2,1-2H3,(H,18,19). The number of hydrogen-bond donors (Lipinski definition) is 2. The van der Waals surface area contributed by atoms with E-state index < -0.39 is 0 Å². The van der Waals surface area contributed by atoms with Crippen LogP contribution in [0.25, 0.3) is 0 Å². The van der Waals surface area contributed by atoms with Gasteiger partial charge in [0.2, 0.25) is 5.91 Å². The zero-order valence-electron chi connectivity index (χ0n) is 12.0. The molecule has 0 radical (unpaired) electrons. The average molecular weight is 260 g/mol. The second kappa shape index (κ2) is 6.71. The molecule has 1 fully saturated rings. The van der Waals surface area contributed by atoms with Crippen LogP contribution in [-0.2, 0) is 11.2 Å². The van der Waals surface area contributed by atoms with E-state index in [4.69, 9.17) is 0 Å². The smallest absolute Gasteiger partial charge is 0.220 e. The highest BCUT2D eigenvalue weighted by atomic mass is 16.1. The topological polar surface area (TPSA) is 41.1 Å². The third-order valence-corrected chi connectivity index (χ3v) is 3.83. The molecule has 2 rings (SSSR count). The Kier molecular flexibility index (Phi) is 4.97. The molecule has 0 bridgehead atoms. The van der Waals surface area contributed by atoms with Gasteiger partial charge in [0.05, 0.1) is 0 Å². The maximum atomic E-state index is 11.8. The molecular weight excluding hydrogens is 236 g/mol. The van der Waals surface area contributed by atoms with Gasteiger partial charge in [-0.15, -0.1) is 0 Å². The summed E-state index contributed by atoms with van der Waals surface area (Å²) in [5.74, 6) is 0.161. The quantitative estimate of drug-likeness (QED) is 0.851. The van der Waals surface area contributed by atoms with Crippen LogP contribution in [0.15, 0.2) is 18.2 Å². The van der Waals surface area contributed by atoms with Crippen LogP contribution in [0.5, 0.6) is 0 Å². The van der Waals surface area contributed by atoms with E-state index in [1.807, 2.05) is 0 Å². The van der Waals surface area contributed by atoms with E-state index in [-0.39, 0.29) is 5.91 Å². The predicted octanol–water partition coefficient (Wildman–Crippen LogP) is 2.10. The number of nitrogens with one attached hydrogen (secondary N) is 2. The highest BCUT2D eigenvalue weighted by Gasteiger charge is 2.14. The molecule has 1 heterocycles. The van der Waals surface area contributed by atoms with Gasteiger partial charge in [0, 0.05) is 19.0 Å². The van der Waals surface area contributed by atoms with Crippen LogP contribution in [0.4, 0.5) is 0 Å². The third kappa shape index (κ3) is 4.35. The minimum atomic E-state index is 0.161. The lowest BCUT2D eigenvalue weighted by molar-refractivity contribution is -0.121. The molecule has 0 saturated carbocycles. The van der Waals surface area contributed by atoms with Crippen molar-refractivity contribution in [2.75, 3.05) is 13.1 Å². The van der Waals surface area contributed by atoms with Gasteiger partial charge in [-0.25, -0.2) is 0 Å². The largest absolute Gasteiger partial charge is 0.355 e. The molecule has 0 aromatic heterocycles. The first kappa shape index (κ1) is 14.1. The van der Waals surface area contributed by atoms with E-state index >= 15 is 0 Å². The maximum absolute atomic E-state index is 11.8. The first-order chi connectivity index (χ1) is 9.15. The van der Waals surface area contributed by atoms with Crippen molar-refractivity contribution in [3.63, 3.8) is 0 Å². The number of hydrogen-bond acceptors (Lipinski definition) is 2. The van der Waals surface area contributed by atoms with Crippen molar-refractivity contribution in [3.05, 3.63) is 34.9 Å². The minimum absolute atomic E-state index is 0.161. The van der Waals surface area contributed by atoms with Crippen molar-refractivity contribution >= 4 is 5.91 Å². The second-order valence-electron chi connectivity index (χ2n) is 5.53. The SMILES string of the molecule is Cc1ccc(CCC(=O)NCC2CCCN2)c(C)c1. The molecule has 104 valence electrons. The number of benzene rings is 1. The molecule has 1 aliphatic rings. The van der Waals surface area contributed by atoms with Gasteiger partial charge in [0.1, 0.15) is 0 Å². The van der Waals surface area contributed by atoms with Crippen molar-refractivity contribution in [2.45, 2.75) is 45.6 Å². The fourth-order valence-corrected chi connectivity index (χ4v) is 2.63. The van der Waals surface area contributed by atoms with Crippen molar-refractivity contribution in [1.29, 1.82) is 0 Å². The Morgan fingerprint density at radius 2 is 2.26 bits per heavy atom. The van der Waals surface area contributed by atoms with Crippen LogP contribution < -0.4 is 10.6 Å². The summed E-state index contributed by atoms with van der Waals surface area (Å²) in [7, 11) is 0. The van der Waals surface area contributed by atoms with Crippen LogP contribution in [-0.4, -0.2) is 25.0 Å². The Labute approximate surface area is 115 Å². The molecule has 19 heavy (non-hydrogen) atoms. The molecule has 1 aromatic rings. The number of aryl methyl sites for hydroxylation is 3. The van der Waals surface area contributed by atoms with E-state index in [2.05, 4.69) is 42.7 Å². The molecule has 1 aromatic carbocycles. The first-order valence-electron chi connectivity index (χ1n) is 7.21. The van der Waals surface area contributed by atoms with Crippen LogP contribution in [0.3, 0.4) is 0 Å². The van der Waals surface area contributed by atoms with Gasteiger partial charge in [-0.05, 0) is 50.8 Å². The third-order valence-electron chi connectivity index (χ3n) is 3.83. The highest BCUT2D eigenvalue weighted by molar-refractivity contribution is 5.76. The number of rotatable bonds is 5. The zero-order chi connectivity index (χ0) is 13.7. The van der Waals surface area contributed by atoms with Gasteiger partial charge in [0.15, 0.2) is 0 Å². The van der Waals surface area contributed by atoms with Crippen LogP contribution in [0.2, 0.25) is 0 Å². The molecule has 1 amide bonds. The van der Waals surface area contributed by atoms with Crippen LogP contribution in [0, 0.1) is 13.8 Å². The Balaban J connectivity index is 1.73. The predicted molar refractivity (Wildman–Crippen MR) is 78.3 cm³/mol. The lowest BCUT2D eigenvalue weighted by Gasteiger charge is -2.12. The van der Waals surface area contributed by atoms with Crippen molar-refractivity contribution < 1.29 is 4.79 Å². The molecule has 3 heteroatoms. The summed E-state index contributed by atoms with van der Waals surface area (Å²) in [6, 6.07) is 6.90. The highest BCUT2D eigenvalue weighted by Crippen LogP contribution is 2.12. The van der Waals surface area contributed by atoms with Gasteiger partial charge >= 0.3 is 0 Å². The van der Waals surface area contributed by atoms with Crippen LogP contribution in [0.1, 0.15) is 36.0 Å². The van der Waals surface area contributed by atoms with Gasteiger partial charge in [-0.1, -0.05) is 23.8 Å². The second-order valence-corrected chi connectivity index (χ2v) is 5.53. The fraction of sp³-hybridized carbons (Fsp3) is 0.562. The van der Waals surface area contributed by atoms with Gasteiger partial charge in [-0.2, -0.15) is 0 Å². The zero-order valence-corrected chi connectivity index (χ0v) is 12.0. The van der Waals surface area contributed by atoms with Crippen molar-refractivity contribution in [3.8, 4) is 0 Å². The summed E-state index contributed by atoms with van der Waals surface area (Å²) in [6.45, 7) is 6.07. The van der Waals surface area contributed by atoms with Crippen molar-refractivity contribution in [2.24, 2.45) is 0 Å². The van der Waals surface area contributed by atoms with Crippen molar-refractivity contribution in [1.82, 2.24) is 10.6 Å². The fourth-order valence-electron chi connectivity index (χ4n) is 2.63. The summed E-state index contributed by atoms with van der Waals surface area (Å²) in [5, 5.41) is 6.41. The number of amides is 1. The molecule has 0 aliphatic carbocycles. The Bertz CT molecular complexity index is 436. The molecule has 1 aliphatic heterocycles. The summed E-state index contributed by atoms with van der Waals surface area (Å²) in [4.78, 5) is 11.8. The lowest BCUT2D eigenvalue weighted by Crippen LogP contribution is -2.37. The maximum Gasteiger partial charge on any atom is 0.220 e. The molecule has 2 N–H and O–H groups in total. The Morgan fingerprint density at radius 1 is 1.42 bits per heavy atom. The first-order valence-corrected chi connectivity index (χ1v) is 7.21. The summed E-state index contributed by atoms with van der Waals surface area (Å²) in [6.07, 6.45) is 3.81.